The maximum Gasteiger partial charge on any atom is 0.151 e. The lowest BCUT2D eigenvalue weighted by Gasteiger charge is -2.17. The van der Waals surface area contributed by atoms with Crippen LogP contribution < -0.4 is 4.90 Å². The van der Waals surface area contributed by atoms with Crippen molar-refractivity contribution in [2.24, 2.45) is 0 Å². The third-order valence-corrected chi connectivity index (χ3v) is 2.59. The fourth-order valence-corrected chi connectivity index (χ4v) is 1.59. The summed E-state index contributed by atoms with van der Waals surface area (Å²) >= 11 is 0. The monoisotopic (exact) mass is 247 g/mol. The topological polar surface area (TPSA) is 49.2 Å². The SMILES string of the molecule is CN(Cc1ccc(F)cc1)c1ccc(CO)nn1. The Kier molecular flexibility index (Phi) is 3.84. The van der Waals surface area contributed by atoms with Crippen molar-refractivity contribution >= 4 is 5.82 Å². The number of hydrogen-bond acceptors (Lipinski definition) is 4. The lowest BCUT2D eigenvalue weighted by molar-refractivity contribution is 0.275. The van der Waals surface area contributed by atoms with Gasteiger partial charge in [0.05, 0.1) is 12.3 Å². The molecule has 4 nitrogen and oxygen atoms in total. The van der Waals surface area contributed by atoms with Gasteiger partial charge in [0.2, 0.25) is 0 Å². The largest absolute Gasteiger partial charge is 0.390 e. The molecular formula is C13H14FN3O. The van der Waals surface area contributed by atoms with Gasteiger partial charge in [0, 0.05) is 13.6 Å². The van der Waals surface area contributed by atoms with Gasteiger partial charge in [-0.05, 0) is 29.8 Å². The van der Waals surface area contributed by atoms with Crippen molar-refractivity contribution in [1.29, 1.82) is 0 Å². The molecule has 0 saturated heterocycles. The minimum absolute atomic E-state index is 0.116. The first kappa shape index (κ1) is 12.4. The number of rotatable bonds is 4. The number of anilines is 1. The molecule has 0 bridgehead atoms. The van der Waals surface area contributed by atoms with E-state index in [1.807, 2.05) is 11.9 Å². The van der Waals surface area contributed by atoms with Crippen LogP contribution in [0.5, 0.6) is 0 Å². The Morgan fingerprint density at radius 2 is 1.83 bits per heavy atom. The molecule has 0 radical (unpaired) electrons. The van der Waals surface area contributed by atoms with Gasteiger partial charge in [0.15, 0.2) is 5.82 Å². The maximum absolute atomic E-state index is 12.8. The van der Waals surface area contributed by atoms with Gasteiger partial charge in [-0.25, -0.2) is 4.39 Å². The quantitative estimate of drug-likeness (QED) is 0.894. The van der Waals surface area contributed by atoms with Gasteiger partial charge in [-0.2, -0.15) is 5.10 Å². The third kappa shape index (κ3) is 3.01. The van der Waals surface area contributed by atoms with Crippen LogP contribution in [0.1, 0.15) is 11.3 Å². The van der Waals surface area contributed by atoms with E-state index in [9.17, 15) is 4.39 Å². The van der Waals surface area contributed by atoms with Crippen molar-refractivity contribution in [3.63, 3.8) is 0 Å². The van der Waals surface area contributed by atoms with E-state index in [2.05, 4.69) is 10.2 Å². The summed E-state index contributed by atoms with van der Waals surface area (Å²) in [4.78, 5) is 1.90. The van der Waals surface area contributed by atoms with Crippen molar-refractivity contribution in [1.82, 2.24) is 10.2 Å². The van der Waals surface area contributed by atoms with Gasteiger partial charge >= 0.3 is 0 Å². The third-order valence-electron chi connectivity index (χ3n) is 2.59. The molecule has 1 aromatic heterocycles. The first-order chi connectivity index (χ1) is 8.69. The van der Waals surface area contributed by atoms with Gasteiger partial charge in [0.25, 0.3) is 0 Å². The molecule has 0 unspecified atom stereocenters. The molecule has 0 aliphatic rings. The van der Waals surface area contributed by atoms with E-state index in [1.165, 1.54) is 12.1 Å². The Labute approximate surface area is 105 Å². The molecule has 0 saturated carbocycles. The molecule has 0 spiro atoms. The second kappa shape index (κ2) is 5.55. The highest BCUT2D eigenvalue weighted by Crippen LogP contribution is 2.12. The molecule has 1 heterocycles. The van der Waals surface area contributed by atoms with Crippen molar-refractivity contribution < 1.29 is 9.50 Å². The maximum atomic E-state index is 12.8. The molecule has 2 aromatic rings. The number of hydrogen-bond donors (Lipinski definition) is 1. The highest BCUT2D eigenvalue weighted by Gasteiger charge is 2.04. The summed E-state index contributed by atoms with van der Waals surface area (Å²) in [5, 5.41) is 16.8. The van der Waals surface area contributed by atoms with Gasteiger partial charge < -0.3 is 10.0 Å². The van der Waals surface area contributed by atoms with Crippen molar-refractivity contribution in [2.75, 3.05) is 11.9 Å². The number of halogens is 1. The van der Waals surface area contributed by atoms with E-state index in [4.69, 9.17) is 5.11 Å². The Morgan fingerprint density at radius 1 is 1.11 bits per heavy atom. The highest BCUT2D eigenvalue weighted by molar-refractivity contribution is 5.37. The summed E-state index contributed by atoms with van der Waals surface area (Å²) in [6, 6.07) is 9.86. The Morgan fingerprint density at radius 3 is 2.39 bits per heavy atom. The van der Waals surface area contributed by atoms with Crippen LogP contribution in [0.2, 0.25) is 0 Å². The van der Waals surface area contributed by atoms with Crippen LogP contribution in [0.4, 0.5) is 10.2 Å². The molecule has 5 heteroatoms. The Bertz CT molecular complexity index is 499. The van der Waals surface area contributed by atoms with E-state index in [1.54, 1.807) is 24.3 Å². The molecule has 0 aliphatic carbocycles. The predicted molar refractivity (Wildman–Crippen MR) is 66.5 cm³/mol. The lowest BCUT2D eigenvalue weighted by atomic mass is 10.2. The van der Waals surface area contributed by atoms with Crippen LogP contribution in [0.3, 0.4) is 0 Å². The summed E-state index contributed by atoms with van der Waals surface area (Å²) in [6.45, 7) is 0.502. The van der Waals surface area contributed by atoms with Crippen LogP contribution >= 0.6 is 0 Å². The summed E-state index contributed by atoms with van der Waals surface area (Å²) in [5.74, 6) is 0.463. The average Bonchev–Trinajstić information content (AvgIpc) is 2.41. The number of benzene rings is 1. The second-order valence-electron chi connectivity index (χ2n) is 4.02. The molecule has 1 aromatic carbocycles. The minimum Gasteiger partial charge on any atom is -0.390 e. The molecule has 0 amide bonds. The van der Waals surface area contributed by atoms with Gasteiger partial charge in [0.1, 0.15) is 5.82 Å². The van der Waals surface area contributed by atoms with Gasteiger partial charge in [-0.1, -0.05) is 12.1 Å². The van der Waals surface area contributed by atoms with E-state index < -0.39 is 0 Å². The van der Waals surface area contributed by atoms with Crippen LogP contribution in [0, 0.1) is 5.82 Å². The number of aliphatic hydroxyl groups excluding tert-OH is 1. The fourth-order valence-electron chi connectivity index (χ4n) is 1.59. The highest BCUT2D eigenvalue weighted by atomic mass is 19.1. The standard InChI is InChI=1S/C13H14FN3O/c1-17(8-10-2-4-11(14)5-3-10)13-7-6-12(9-18)15-16-13/h2-7,18H,8-9H2,1H3. The molecule has 0 atom stereocenters. The zero-order chi connectivity index (χ0) is 13.0. The summed E-state index contributed by atoms with van der Waals surface area (Å²) in [7, 11) is 1.88. The van der Waals surface area contributed by atoms with Crippen molar-refractivity contribution in [3.8, 4) is 0 Å². The molecule has 0 aliphatic heterocycles. The Balaban J connectivity index is 2.06. The average molecular weight is 247 g/mol. The van der Waals surface area contributed by atoms with E-state index >= 15 is 0 Å². The zero-order valence-electron chi connectivity index (χ0n) is 10.0. The van der Waals surface area contributed by atoms with Gasteiger partial charge in [-0.3, -0.25) is 0 Å². The zero-order valence-corrected chi connectivity index (χ0v) is 10.0. The smallest absolute Gasteiger partial charge is 0.151 e. The van der Waals surface area contributed by atoms with E-state index in [-0.39, 0.29) is 12.4 Å². The molecular weight excluding hydrogens is 233 g/mol. The molecule has 18 heavy (non-hydrogen) atoms. The molecule has 2 rings (SSSR count). The molecule has 1 N–H and O–H groups in total. The van der Waals surface area contributed by atoms with E-state index in [0.29, 0.717) is 18.1 Å². The molecule has 0 fully saturated rings. The first-order valence-electron chi connectivity index (χ1n) is 5.58. The van der Waals surface area contributed by atoms with Crippen LogP contribution in [-0.2, 0) is 13.2 Å². The fraction of sp³-hybridized carbons (Fsp3) is 0.231. The predicted octanol–water partition coefficient (Wildman–Crippen LogP) is 1.74. The van der Waals surface area contributed by atoms with Crippen molar-refractivity contribution in [3.05, 3.63) is 53.5 Å². The van der Waals surface area contributed by atoms with E-state index in [0.717, 1.165) is 5.56 Å². The Hall–Kier alpha value is -2.01. The lowest BCUT2D eigenvalue weighted by Crippen LogP contribution is -2.18. The summed E-state index contributed by atoms with van der Waals surface area (Å²) in [5.41, 5.74) is 1.53. The second-order valence-corrected chi connectivity index (χ2v) is 4.02. The summed E-state index contributed by atoms with van der Waals surface area (Å²) in [6.07, 6.45) is 0. The molecule has 94 valence electrons. The van der Waals surface area contributed by atoms with Gasteiger partial charge in [-0.15, -0.1) is 5.10 Å². The van der Waals surface area contributed by atoms with Crippen LogP contribution in [-0.4, -0.2) is 22.4 Å². The van der Waals surface area contributed by atoms with Crippen LogP contribution in [0.25, 0.3) is 0 Å². The number of nitrogens with zero attached hydrogens (tertiary/aromatic N) is 3. The van der Waals surface area contributed by atoms with Crippen LogP contribution in [0.15, 0.2) is 36.4 Å². The minimum atomic E-state index is -0.242. The van der Waals surface area contributed by atoms with Crippen molar-refractivity contribution in [2.45, 2.75) is 13.2 Å². The number of aromatic nitrogens is 2. The first-order valence-corrected chi connectivity index (χ1v) is 5.58. The summed E-state index contributed by atoms with van der Waals surface area (Å²) < 4.78 is 12.8. The normalized spacial score (nSPS) is 10.4. The number of aliphatic hydroxyl groups is 1.